The van der Waals surface area contributed by atoms with E-state index in [1.807, 2.05) is 0 Å². The SMILES string of the molecule is Cc1ccc(C(=O)O)cc1N1C(=O)CC(N2CCC(C)CC2)C1=O. The van der Waals surface area contributed by atoms with Crippen LogP contribution in [-0.4, -0.2) is 46.9 Å². The summed E-state index contributed by atoms with van der Waals surface area (Å²) in [5.74, 6) is -0.912. The number of hydrogen-bond acceptors (Lipinski definition) is 4. The molecule has 0 spiro atoms. The maximum Gasteiger partial charge on any atom is 0.335 e. The van der Waals surface area contributed by atoms with Crippen molar-refractivity contribution >= 4 is 23.5 Å². The van der Waals surface area contributed by atoms with Crippen LogP contribution in [0.2, 0.25) is 0 Å². The van der Waals surface area contributed by atoms with Crippen LogP contribution in [0.3, 0.4) is 0 Å². The van der Waals surface area contributed by atoms with Crippen LogP contribution in [0.15, 0.2) is 18.2 Å². The molecule has 0 saturated carbocycles. The molecule has 0 bridgehead atoms. The number of piperidine rings is 1. The highest BCUT2D eigenvalue weighted by Crippen LogP contribution is 2.31. The minimum atomic E-state index is -1.07. The Labute approximate surface area is 141 Å². The molecule has 1 aromatic carbocycles. The van der Waals surface area contributed by atoms with Crippen LogP contribution in [0.1, 0.15) is 42.1 Å². The number of carboxylic acids is 1. The lowest BCUT2D eigenvalue weighted by Gasteiger charge is -2.33. The van der Waals surface area contributed by atoms with Crippen molar-refractivity contribution in [3.63, 3.8) is 0 Å². The maximum atomic E-state index is 12.8. The zero-order chi connectivity index (χ0) is 17.4. The van der Waals surface area contributed by atoms with E-state index in [1.54, 1.807) is 13.0 Å². The van der Waals surface area contributed by atoms with Crippen molar-refractivity contribution in [2.75, 3.05) is 18.0 Å². The van der Waals surface area contributed by atoms with Gasteiger partial charge in [-0.15, -0.1) is 0 Å². The van der Waals surface area contributed by atoms with Gasteiger partial charge in [0.15, 0.2) is 0 Å². The Kier molecular flexibility index (Phi) is 4.41. The number of carbonyl (C=O) groups is 3. The zero-order valence-corrected chi connectivity index (χ0v) is 14.0. The number of aromatic carboxylic acids is 1. The normalized spacial score (nSPS) is 23.1. The highest BCUT2D eigenvalue weighted by atomic mass is 16.4. The molecule has 2 fully saturated rings. The quantitative estimate of drug-likeness (QED) is 0.858. The fourth-order valence-electron chi connectivity index (χ4n) is 3.48. The van der Waals surface area contributed by atoms with E-state index < -0.39 is 12.0 Å². The van der Waals surface area contributed by atoms with Gasteiger partial charge in [-0.25, -0.2) is 9.69 Å². The number of imide groups is 1. The summed E-state index contributed by atoms with van der Waals surface area (Å²) in [5, 5.41) is 9.16. The van der Waals surface area contributed by atoms with E-state index in [9.17, 15) is 14.4 Å². The second-order valence-corrected chi connectivity index (χ2v) is 6.81. The molecule has 0 aliphatic carbocycles. The van der Waals surface area contributed by atoms with Gasteiger partial charge in [-0.05, 0) is 56.5 Å². The van der Waals surface area contributed by atoms with E-state index in [1.165, 1.54) is 17.0 Å². The van der Waals surface area contributed by atoms with Gasteiger partial charge in [-0.3, -0.25) is 14.5 Å². The lowest BCUT2D eigenvalue weighted by molar-refractivity contribution is -0.123. The summed E-state index contributed by atoms with van der Waals surface area (Å²) >= 11 is 0. The average molecular weight is 330 g/mol. The first-order valence-electron chi connectivity index (χ1n) is 8.33. The van der Waals surface area contributed by atoms with Crippen molar-refractivity contribution in [2.45, 2.75) is 39.2 Å². The molecule has 2 aliphatic heterocycles. The third-order valence-electron chi connectivity index (χ3n) is 5.08. The number of aryl methyl sites for hydroxylation is 1. The molecule has 1 unspecified atom stereocenters. The number of nitrogens with zero attached hydrogens (tertiary/aromatic N) is 2. The summed E-state index contributed by atoms with van der Waals surface area (Å²) < 4.78 is 0. The van der Waals surface area contributed by atoms with E-state index in [2.05, 4.69) is 11.8 Å². The molecule has 128 valence electrons. The predicted molar refractivity (Wildman–Crippen MR) is 89.0 cm³/mol. The number of amides is 2. The Balaban J connectivity index is 1.87. The first kappa shape index (κ1) is 16.6. The summed E-state index contributed by atoms with van der Waals surface area (Å²) in [6.07, 6.45) is 2.24. The van der Waals surface area contributed by atoms with Crippen LogP contribution in [0, 0.1) is 12.8 Å². The second kappa shape index (κ2) is 6.36. The van der Waals surface area contributed by atoms with Gasteiger partial charge in [0.1, 0.15) is 0 Å². The van der Waals surface area contributed by atoms with Crippen molar-refractivity contribution in [1.29, 1.82) is 0 Å². The van der Waals surface area contributed by atoms with Crippen molar-refractivity contribution in [1.82, 2.24) is 4.90 Å². The van der Waals surface area contributed by atoms with E-state index in [4.69, 9.17) is 5.11 Å². The zero-order valence-electron chi connectivity index (χ0n) is 14.0. The molecule has 2 saturated heterocycles. The van der Waals surface area contributed by atoms with Gasteiger partial charge in [0.25, 0.3) is 5.91 Å². The van der Waals surface area contributed by atoms with Crippen molar-refractivity contribution in [3.05, 3.63) is 29.3 Å². The first-order chi connectivity index (χ1) is 11.4. The fourth-order valence-corrected chi connectivity index (χ4v) is 3.48. The Morgan fingerprint density at radius 3 is 2.50 bits per heavy atom. The van der Waals surface area contributed by atoms with Crippen molar-refractivity contribution in [2.24, 2.45) is 5.92 Å². The van der Waals surface area contributed by atoms with E-state index in [0.29, 0.717) is 11.6 Å². The smallest absolute Gasteiger partial charge is 0.335 e. The molecule has 2 aliphatic rings. The van der Waals surface area contributed by atoms with Gasteiger partial charge < -0.3 is 5.11 Å². The molecular weight excluding hydrogens is 308 g/mol. The molecular formula is C18H22N2O4. The van der Waals surface area contributed by atoms with E-state index in [-0.39, 0.29) is 23.8 Å². The number of anilines is 1. The number of likely N-dealkylation sites (tertiary alicyclic amines) is 1. The highest BCUT2D eigenvalue weighted by Gasteiger charge is 2.43. The Hall–Kier alpha value is -2.21. The van der Waals surface area contributed by atoms with Gasteiger partial charge in [-0.1, -0.05) is 13.0 Å². The third kappa shape index (κ3) is 2.94. The summed E-state index contributed by atoms with van der Waals surface area (Å²) in [5.41, 5.74) is 1.18. The van der Waals surface area contributed by atoms with Crippen LogP contribution in [0.4, 0.5) is 5.69 Å². The fraction of sp³-hybridized carbons (Fsp3) is 0.500. The average Bonchev–Trinajstić information content (AvgIpc) is 2.83. The molecule has 1 aromatic rings. The van der Waals surface area contributed by atoms with E-state index >= 15 is 0 Å². The molecule has 0 aromatic heterocycles. The van der Waals surface area contributed by atoms with Gasteiger partial charge in [-0.2, -0.15) is 0 Å². The monoisotopic (exact) mass is 330 g/mol. The minimum absolute atomic E-state index is 0.0754. The van der Waals surface area contributed by atoms with Crippen LogP contribution in [0.5, 0.6) is 0 Å². The summed E-state index contributed by atoms with van der Waals surface area (Å²) in [6.45, 7) is 5.63. The third-order valence-corrected chi connectivity index (χ3v) is 5.08. The number of carbonyl (C=O) groups excluding carboxylic acids is 2. The summed E-state index contributed by atoms with van der Waals surface area (Å²) in [6, 6.07) is 4.11. The lowest BCUT2D eigenvalue weighted by atomic mass is 9.97. The number of hydrogen-bond donors (Lipinski definition) is 1. The Morgan fingerprint density at radius 2 is 1.88 bits per heavy atom. The molecule has 0 radical (unpaired) electrons. The van der Waals surface area contributed by atoms with Crippen LogP contribution >= 0.6 is 0 Å². The molecule has 24 heavy (non-hydrogen) atoms. The Morgan fingerprint density at radius 1 is 1.21 bits per heavy atom. The molecule has 1 N–H and O–H groups in total. The van der Waals surface area contributed by atoms with Gasteiger partial charge in [0.05, 0.1) is 23.7 Å². The van der Waals surface area contributed by atoms with Crippen LogP contribution < -0.4 is 4.90 Å². The molecule has 3 rings (SSSR count). The molecule has 1 atom stereocenters. The van der Waals surface area contributed by atoms with Crippen LogP contribution in [-0.2, 0) is 9.59 Å². The maximum absolute atomic E-state index is 12.8. The second-order valence-electron chi connectivity index (χ2n) is 6.81. The number of rotatable bonds is 3. The molecule has 6 nitrogen and oxygen atoms in total. The standard InChI is InChI=1S/C18H22N2O4/c1-11-5-7-19(8-6-11)15-10-16(21)20(17(15)22)14-9-13(18(23)24)4-3-12(14)2/h3-4,9,11,15H,5-8,10H2,1-2H3,(H,23,24). The van der Waals surface area contributed by atoms with Gasteiger partial charge >= 0.3 is 5.97 Å². The highest BCUT2D eigenvalue weighted by molar-refractivity contribution is 6.23. The Bertz CT molecular complexity index is 692. The topological polar surface area (TPSA) is 77.9 Å². The molecule has 2 heterocycles. The van der Waals surface area contributed by atoms with Gasteiger partial charge in [0.2, 0.25) is 5.91 Å². The lowest BCUT2D eigenvalue weighted by Crippen LogP contribution is -2.45. The summed E-state index contributed by atoms with van der Waals surface area (Å²) in [7, 11) is 0. The first-order valence-corrected chi connectivity index (χ1v) is 8.33. The number of benzene rings is 1. The summed E-state index contributed by atoms with van der Waals surface area (Å²) in [4.78, 5) is 39.8. The van der Waals surface area contributed by atoms with Crippen molar-refractivity contribution in [3.8, 4) is 0 Å². The van der Waals surface area contributed by atoms with Crippen LogP contribution in [0.25, 0.3) is 0 Å². The number of carboxylic acid groups (broad SMARTS) is 1. The minimum Gasteiger partial charge on any atom is -0.478 e. The molecule has 2 amide bonds. The largest absolute Gasteiger partial charge is 0.478 e. The molecule has 6 heteroatoms. The van der Waals surface area contributed by atoms with Gasteiger partial charge in [0, 0.05) is 0 Å². The van der Waals surface area contributed by atoms with E-state index in [0.717, 1.165) is 31.5 Å². The predicted octanol–water partition coefficient (Wildman–Crippen LogP) is 2.06. The van der Waals surface area contributed by atoms with Crippen molar-refractivity contribution < 1.29 is 19.5 Å².